The number of methoxy groups -OCH3 is 2. The van der Waals surface area contributed by atoms with Crippen LogP contribution in [0.4, 0.5) is 0 Å². The lowest BCUT2D eigenvalue weighted by Gasteiger charge is -2.16. The Morgan fingerprint density at radius 3 is 2.27 bits per heavy atom. The average Bonchev–Trinajstić information content (AvgIpc) is 2.77. The second kappa shape index (κ2) is 11.5. The molecule has 0 heterocycles. The van der Waals surface area contributed by atoms with E-state index in [1.807, 2.05) is 0 Å². The summed E-state index contributed by atoms with van der Waals surface area (Å²) in [5, 5.41) is 0. The Labute approximate surface area is 176 Å². The van der Waals surface area contributed by atoms with Gasteiger partial charge in [0.1, 0.15) is 11.5 Å². The summed E-state index contributed by atoms with van der Waals surface area (Å²) in [5.74, 6) is 1.22. The minimum absolute atomic E-state index is 0.318. The molecule has 0 spiro atoms. The first-order chi connectivity index (χ1) is 14.5. The molecular formula is C22H28N2O6. The van der Waals surface area contributed by atoms with Crippen LogP contribution in [0.5, 0.6) is 23.0 Å². The minimum Gasteiger partial charge on any atom is -0.497 e. The molecule has 30 heavy (non-hydrogen) atoms. The molecule has 2 aromatic carbocycles. The fourth-order valence-corrected chi connectivity index (χ4v) is 2.46. The van der Waals surface area contributed by atoms with Crippen molar-refractivity contribution in [1.29, 1.82) is 0 Å². The van der Waals surface area contributed by atoms with E-state index in [0.29, 0.717) is 35.2 Å². The number of hydrazine groups is 1. The van der Waals surface area contributed by atoms with Gasteiger partial charge in [0.05, 0.1) is 20.8 Å². The van der Waals surface area contributed by atoms with Crippen molar-refractivity contribution in [2.75, 3.05) is 20.8 Å². The zero-order chi connectivity index (χ0) is 21.9. The van der Waals surface area contributed by atoms with Crippen molar-refractivity contribution in [2.24, 2.45) is 0 Å². The first-order valence-corrected chi connectivity index (χ1v) is 9.70. The molecule has 0 bridgehead atoms. The van der Waals surface area contributed by atoms with Crippen LogP contribution in [0.1, 0.15) is 37.0 Å². The summed E-state index contributed by atoms with van der Waals surface area (Å²) in [6.07, 6.45) is 1.12. The van der Waals surface area contributed by atoms with Crippen molar-refractivity contribution < 1.29 is 28.5 Å². The van der Waals surface area contributed by atoms with Crippen molar-refractivity contribution in [1.82, 2.24) is 10.9 Å². The molecule has 2 amide bonds. The van der Waals surface area contributed by atoms with Gasteiger partial charge in [-0.25, -0.2) is 0 Å². The largest absolute Gasteiger partial charge is 0.497 e. The number of hydrogen-bond acceptors (Lipinski definition) is 6. The Morgan fingerprint density at radius 1 is 0.933 bits per heavy atom. The Bertz CT molecular complexity index is 838. The lowest BCUT2D eigenvalue weighted by atomic mass is 10.2. The van der Waals surface area contributed by atoms with Crippen LogP contribution in [0.15, 0.2) is 42.5 Å². The van der Waals surface area contributed by atoms with Crippen LogP contribution in [-0.2, 0) is 4.79 Å². The highest BCUT2D eigenvalue weighted by atomic mass is 16.5. The highest BCUT2D eigenvalue weighted by Gasteiger charge is 2.17. The molecule has 0 aliphatic heterocycles. The lowest BCUT2D eigenvalue weighted by Crippen LogP contribution is -2.47. The summed E-state index contributed by atoms with van der Waals surface area (Å²) < 4.78 is 21.6. The van der Waals surface area contributed by atoms with E-state index in [1.54, 1.807) is 56.5 Å². The van der Waals surface area contributed by atoms with Crippen molar-refractivity contribution in [3.8, 4) is 23.0 Å². The zero-order valence-electron chi connectivity index (χ0n) is 17.7. The van der Waals surface area contributed by atoms with Gasteiger partial charge in [0.2, 0.25) is 0 Å². The van der Waals surface area contributed by atoms with Gasteiger partial charge in [-0.2, -0.15) is 0 Å². The minimum atomic E-state index is -0.817. The number of hydrogen-bond donors (Lipinski definition) is 2. The van der Waals surface area contributed by atoms with E-state index in [2.05, 4.69) is 17.8 Å². The molecule has 0 aliphatic carbocycles. The van der Waals surface area contributed by atoms with Crippen LogP contribution >= 0.6 is 0 Å². The molecule has 8 nitrogen and oxygen atoms in total. The number of nitrogens with one attached hydrogen (secondary N) is 2. The van der Waals surface area contributed by atoms with Crippen molar-refractivity contribution >= 4 is 11.8 Å². The average molecular weight is 416 g/mol. The molecule has 0 unspecified atom stereocenters. The molecule has 2 rings (SSSR count). The van der Waals surface area contributed by atoms with E-state index >= 15 is 0 Å². The maximum absolute atomic E-state index is 12.4. The molecule has 1 atom stereocenters. The topological polar surface area (TPSA) is 95.1 Å². The molecule has 2 N–H and O–H groups in total. The third-order valence-electron chi connectivity index (χ3n) is 4.22. The first kappa shape index (κ1) is 22.9. The Balaban J connectivity index is 1.89. The SMILES string of the molecule is CCCCOc1ccc(C(=O)NNC(=O)[C@@H](C)Oc2ccc(OC)cc2)cc1OC. The Morgan fingerprint density at radius 2 is 1.63 bits per heavy atom. The van der Waals surface area contributed by atoms with Gasteiger partial charge >= 0.3 is 0 Å². The van der Waals surface area contributed by atoms with Gasteiger partial charge in [0.25, 0.3) is 11.8 Å². The molecule has 0 aromatic heterocycles. The summed E-state index contributed by atoms with van der Waals surface area (Å²) in [5.41, 5.74) is 5.05. The predicted molar refractivity (Wildman–Crippen MR) is 112 cm³/mol. The number of ether oxygens (including phenoxy) is 4. The monoisotopic (exact) mass is 416 g/mol. The number of amides is 2. The van der Waals surface area contributed by atoms with E-state index < -0.39 is 17.9 Å². The maximum atomic E-state index is 12.4. The van der Waals surface area contributed by atoms with Crippen LogP contribution < -0.4 is 29.8 Å². The van der Waals surface area contributed by atoms with E-state index in [9.17, 15) is 9.59 Å². The summed E-state index contributed by atoms with van der Waals surface area (Å²) in [6, 6.07) is 11.7. The van der Waals surface area contributed by atoms with Crippen LogP contribution in [0.25, 0.3) is 0 Å². The molecule has 162 valence electrons. The van der Waals surface area contributed by atoms with Gasteiger partial charge in [-0.1, -0.05) is 13.3 Å². The fraction of sp³-hybridized carbons (Fsp3) is 0.364. The van der Waals surface area contributed by atoms with Gasteiger partial charge in [0, 0.05) is 5.56 Å². The van der Waals surface area contributed by atoms with E-state index in [1.165, 1.54) is 7.11 Å². The van der Waals surface area contributed by atoms with E-state index in [-0.39, 0.29) is 0 Å². The van der Waals surface area contributed by atoms with Gasteiger partial charge in [-0.05, 0) is 55.8 Å². The van der Waals surface area contributed by atoms with Gasteiger partial charge in [0.15, 0.2) is 17.6 Å². The normalized spacial score (nSPS) is 11.2. The molecule has 0 fully saturated rings. The highest BCUT2D eigenvalue weighted by molar-refractivity contribution is 5.96. The zero-order valence-corrected chi connectivity index (χ0v) is 17.7. The second-order valence-corrected chi connectivity index (χ2v) is 6.45. The third kappa shape index (κ3) is 6.58. The molecule has 2 aromatic rings. The van der Waals surface area contributed by atoms with Crippen LogP contribution in [-0.4, -0.2) is 38.7 Å². The maximum Gasteiger partial charge on any atom is 0.279 e. The molecule has 0 aliphatic rings. The van der Waals surface area contributed by atoms with Crippen LogP contribution in [0, 0.1) is 0 Å². The summed E-state index contributed by atoms with van der Waals surface area (Å²) in [7, 11) is 3.07. The van der Waals surface area contributed by atoms with Gasteiger partial charge in [-0.3, -0.25) is 20.4 Å². The van der Waals surface area contributed by atoms with Crippen molar-refractivity contribution in [2.45, 2.75) is 32.8 Å². The van der Waals surface area contributed by atoms with Crippen LogP contribution in [0.2, 0.25) is 0 Å². The Hall–Kier alpha value is -3.42. The second-order valence-electron chi connectivity index (χ2n) is 6.45. The number of unbranched alkanes of at least 4 members (excludes halogenated alkanes) is 1. The van der Waals surface area contributed by atoms with E-state index in [4.69, 9.17) is 18.9 Å². The molecule has 0 radical (unpaired) electrons. The highest BCUT2D eigenvalue weighted by Crippen LogP contribution is 2.28. The smallest absolute Gasteiger partial charge is 0.279 e. The molecular weight excluding hydrogens is 388 g/mol. The van der Waals surface area contributed by atoms with Gasteiger partial charge in [-0.15, -0.1) is 0 Å². The number of benzene rings is 2. The number of carbonyl (C=O) groups excluding carboxylic acids is 2. The lowest BCUT2D eigenvalue weighted by molar-refractivity contribution is -0.128. The number of rotatable bonds is 10. The first-order valence-electron chi connectivity index (χ1n) is 9.70. The Kier molecular flexibility index (Phi) is 8.80. The summed E-state index contributed by atoms with van der Waals surface area (Å²) in [6.45, 7) is 4.23. The fourth-order valence-electron chi connectivity index (χ4n) is 2.46. The third-order valence-corrected chi connectivity index (χ3v) is 4.22. The van der Waals surface area contributed by atoms with Gasteiger partial charge < -0.3 is 18.9 Å². The predicted octanol–water partition coefficient (Wildman–Crippen LogP) is 3.11. The quantitative estimate of drug-likeness (QED) is 0.457. The van der Waals surface area contributed by atoms with Crippen LogP contribution in [0.3, 0.4) is 0 Å². The van der Waals surface area contributed by atoms with Crippen molar-refractivity contribution in [3.63, 3.8) is 0 Å². The summed E-state index contributed by atoms with van der Waals surface area (Å²) in [4.78, 5) is 24.6. The molecule has 0 saturated heterocycles. The molecule has 8 heteroatoms. The van der Waals surface area contributed by atoms with E-state index in [0.717, 1.165) is 12.8 Å². The number of carbonyl (C=O) groups is 2. The van der Waals surface area contributed by atoms with Crippen molar-refractivity contribution in [3.05, 3.63) is 48.0 Å². The molecule has 0 saturated carbocycles. The standard InChI is InChI=1S/C22H28N2O6/c1-5-6-13-29-19-12-7-16(14-20(19)28-4)22(26)24-23-21(25)15(2)30-18-10-8-17(27-3)9-11-18/h7-12,14-15H,5-6,13H2,1-4H3,(H,23,25)(H,24,26)/t15-/m1/s1. The summed E-state index contributed by atoms with van der Waals surface area (Å²) >= 11 is 0.